The standard InChI is InChI=1S/C18H26ClN/c1-4-7-18(8-9-18)12-20-16-15-10-14(19)6-5-13(15)11-17(16,2)3/h5-6,10,16,20H,4,7-9,11-12H2,1-3H3. The second-order valence-electron chi connectivity index (χ2n) is 7.57. The highest BCUT2D eigenvalue weighted by molar-refractivity contribution is 6.30. The van der Waals surface area contributed by atoms with Crippen LogP contribution in [0.5, 0.6) is 0 Å². The van der Waals surface area contributed by atoms with Crippen molar-refractivity contribution in [3.8, 4) is 0 Å². The first-order valence-corrected chi connectivity index (χ1v) is 8.35. The Kier molecular flexibility index (Phi) is 3.63. The molecule has 1 saturated carbocycles. The molecular formula is C18H26ClN. The largest absolute Gasteiger partial charge is 0.309 e. The van der Waals surface area contributed by atoms with Gasteiger partial charge < -0.3 is 5.32 Å². The van der Waals surface area contributed by atoms with Gasteiger partial charge in [0, 0.05) is 17.6 Å². The van der Waals surface area contributed by atoms with E-state index in [-0.39, 0.29) is 5.41 Å². The highest BCUT2D eigenvalue weighted by atomic mass is 35.5. The fourth-order valence-corrected chi connectivity index (χ4v) is 4.12. The molecule has 0 aromatic heterocycles. The summed E-state index contributed by atoms with van der Waals surface area (Å²) >= 11 is 6.21. The second-order valence-corrected chi connectivity index (χ2v) is 8.01. The van der Waals surface area contributed by atoms with Crippen LogP contribution in [0.1, 0.15) is 63.6 Å². The van der Waals surface area contributed by atoms with Crippen LogP contribution >= 0.6 is 11.6 Å². The van der Waals surface area contributed by atoms with Gasteiger partial charge in [-0.25, -0.2) is 0 Å². The first-order chi connectivity index (χ1) is 9.46. The van der Waals surface area contributed by atoms with Crippen molar-refractivity contribution >= 4 is 11.6 Å². The van der Waals surface area contributed by atoms with Crippen LogP contribution in [0, 0.1) is 10.8 Å². The van der Waals surface area contributed by atoms with E-state index in [0.29, 0.717) is 11.5 Å². The predicted octanol–water partition coefficient (Wildman–Crippen LogP) is 5.13. The quantitative estimate of drug-likeness (QED) is 0.792. The summed E-state index contributed by atoms with van der Waals surface area (Å²) in [5, 5.41) is 4.75. The number of rotatable bonds is 5. The van der Waals surface area contributed by atoms with Gasteiger partial charge in [0.2, 0.25) is 0 Å². The Morgan fingerprint density at radius 2 is 2.05 bits per heavy atom. The van der Waals surface area contributed by atoms with Crippen molar-refractivity contribution < 1.29 is 0 Å². The minimum absolute atomic E-state index is 0.287. The predicted molar refractivity (Wildman–Crippen MR) is 86.3 cm³/mol. The molecule has 1 N–H and O–H groups in total. The molecular weight excluding hydrogens is 266 g/mol. The smallest absolute Gasteiger partial charge is 0.0409 e. The summed E-state index contributed by atoms with van der Waals surface area (Å²) in [6.45, 7) is 8.21. The van der Waals surface area contributed by atoms with E-state index in [9.17, 15) is 0 Å². The fraction of sp³-hybridized carbons (Fsp3) is 0.667. The molecule has 110 valence electrons. The van der Waals surface area contributed by atoms with Gasteiger partial charge in [-0.15, -0.1) is 0 Å². The maximum Gasteiger partial charge on any atom is 0.0409 e. The van der Waals surface area contributed by atoms with E-state index in [0.717, 1.165) is 11.4 Å². The minimum atomic E-state index is 0.287. The van der Waals surface area contributed by atoms with Crippen LogP contribution in [0.3, 0.4) is 0 Å². The highest BCUT2D eigenvalue weighted by Crippen LogP contribution is 2.51. The van der Waals surface area contributed by atoms with Gasteiger partial charge in [-0.05, 0) is 59.8 Å². The van der Waals surface area contributed by atoms with Gasteiger partial charge in [-0.2, -0.15) is 0 Å². The molecule has 0 saturated heterocycles. The van der Waals surface area contributed by atoms with Gasteiger partial charge in [0.25, 0.3) is 0 Å². The zero-order valence-electron chi connectivity index (χ0n) is 12.9. The average molecular weight is 292 g/mol. The van der Waals surface area contributed by atoms with Crippen molar-refractivity contribution in [3.63, 3.8) is 0 Å². The molecule has 2 aliphatic rings. The molecule has 0 radical (unpaired) electrons. The highest BCUT2D eigenvalue weighted by Gasteiger charge is 2.44. The fourth-order valence-electron chi connectivity index (χ4n) is 3.94. The van der Waals surface area contributed by atoms with E-state index in [2.05, 4.69) is 38.2 Å². The summed E-state index contributed by atoms with van der Waals surface area (Å²) in [5.74, 6) is 0. The van der Waals surface area contributed by atoms with Crippen molar-refractivity contribution in [2.75, 3.05) is 6.54 Å². The summed E-state index contributed by atoms with van der Waals surface area (Å²) in [5.41, 5.74) is 3.79. The van der Waals surface area contributed by atoms with Crippen molar-refractivity contribution in [2.45, 2.75) is 58.9 Å². The molecule has 1 aromatic carbocycles. The van der Waals surface area contributed by atoms with Gasteiger partial charge >= 0.3 is 0 Å². The number of halogens is 1. The summed E-state index contributed by atoms with van der Waals surface area (Å²) in [4.78, 5) is 0. The molecule has 20 heavy (non-hydrogen) atoms. The topological polar surface area (TPSA) is 12.0 Å². The van der Waals surface area contributed by atoms with Crippen LogP contribution in [0.15, 0.2) is 18.2 Å². The van der Waals surface area contributed by atoms with Crippen LogP contribution in [0.2, 0.25) is 5.02 Å². The van der Waals surface area contributed by atoms with Crippen LogP contribution in [0.4, 0.5) is 0 Å². The molecule has 0 bridgehead atoms. The molecule has 2 aliphatic carbocycles. The van der Waals surface area contributed by atoms with Crippen LogP contribution in [-0.2, 0) is 6.42 Å². The van der Waals surface area contributed by atoms with Gasteiger partial charge in [0.1, 0.15) is 0 Å². The lowest BCUT2D eigenvalue weighted by Gasteiger charge is -2.30. The number of nitrogens with one attached hydrogen (secondary N) is 1. The van der Waals surface area contributed by atoms with Crippen LogP contribution < -0.4 is 5.32 Å². The first-order valence-electron chi connectivity index (χ1n) is 7.98. The van der Waals surface area contributed by atoms with E-state index >= 15 is 0 Å². The van der Waals surface area contributed by atoms with E-state index in [1.807, 2.05) is 6.07 Å². The number of fused-ring (bicyclic) bond motifs is 1. The van der Waals surface area contributed by atoms with Crippen molar-refractivity contribution in [1.29, 1.82) is 0 Å². The Bertz CT molecular complexity index is 502. The van der Waals surface area contributed by atoms with E-state index in [1.165, 1.54) is 43.4 Å². The van der Waals surface area contributed by atoms with Crippen LogP contribution in [0.25, 0.3) is 0 Å². The molecule has 3 rings (SSSR count). The third kappa shape index (κ3) is 2.63. The Labute approximate surface area is 128 Å². The van der Waals surface area contributed by atoms with Gasteiger partial charge in [-0.3, -0.25) is 0 Å². The molecule has 0 aliphatic heterocycles. The monoisotopic (exact) mass is 291 g/mol. The number of hydrogen-bond donors (Lipinski definition) is 1. The first kappa shape index (κ1) is 14.4. The Balaban J connectivity index is 1.77. The average Bonchev–Trinajstić information content (AvgIpc) is 3.07. The van der Waals surface area contributed by atoms with Crippen LogP contribution in [-0.4, -0.2) is 6.54 Å². The Hall–Kier alpha value is -0.530. The maximum absolute atomic E-state index is 6.21. The Morgan fingerprint density at radius 1 is 1.30 bits per heavy atom. The zero-order valence-corrected chi connectivity index (χ0v) is 13.7. The van der Waals surface area contributed by atoms with E-state index in [1.54, 1.807) is 0 Å². The summed E-state index contributed by atoms with van der Waals surface area (Å²) in [6, 6.07) is 6.85. The minimum Gasteiger partial charge on any atom is -0.309 e. The molecule has 1 unspecified atom stereocenters. The van der Waals surface area contributed by atoms with Crippen molar-refractivity contribution in [2.24, 2.45) is 10.8 Å². The number of hydrogen-bond acceptors (Lipinski definition) is 1. The lowest BCUT2D eigenvalue weighted by molar-refractivity contribution is 0.250. The molecule has 0 amide bonds. The normalized spacial score (nSPS) is 25.5. The molecule has 1 aromatic rings. The maximum atomic E-state index is 6.21. The third-order valence-electron chi connectivity index (χ3n) is 5.27. The summed E-state index contributed by atoms with van der Waals surface area (Å²) in [6.07, 6.45) is 6.64. The molecule has 1 atom stereocenters. The lowest BCUT2D eigenvalue weighted by atomic mass is 9.85. The molecule has 0 heterocycles. The third-order valence-corrected chi connectivity index (χ3v) is 5.50. The van der Waals surface area contributed by atoms with E-state index in [4.69, 9.17) is 11.6 Å². The Morgan fingerprint density at radius 3 is 2.70 bits per heavy atom. The molecule has 0 spiro atoms. The number of benzene rings is 1. The second kappa shape index (κ2) is 5.03. The van der Waals surface area contributed by atoms with Crippen molar-refractivity contribution in [1.82, 2.24) is 5.32 Å². The molecule has 1 fully saturated rings. The van der Waals surface area contributed by atoms with Crippen molar-refractivity contribution in [3.05, 3.63) is 34.3 Å². The van der Waals surface area contributed by atoms with Gasteiger partial charge in [0.05, 0.1) is 0 Å². The van der Waals surface area contributed by atoms with E-state index < -0.39 is 0 Å². The van der Waals surface area contributed by atoms with Gasteiger partial charge in [0.15, 0.2) is 0 Å². The molecule has 2 heteroatoms. The molecule has 1 nitrogen and oxygen atoms in total. The SMILES string of the molecule is CCCC1(CNC2c3cc(Cl)ccc3CC2(C)C)CC1. The summed E-state index contributed by atoms with van der Waals surface area (Å²) < 4.78 is 0. The summed E-state index contributed by atoms with van der Waals surface area (Å²) in [7, 11) is 0. The lowest BCUT2D eigenvalue weighted by Crippen LogP contribution is -2.35. The zero-order chi connectivity index (χ0) is 14.4. The van der Waals surface area contributed by atoms with Gasteiger partial charge in [-0.1, -0.05) is 44.9 Å².